The van der Waals surface area contributed by atoms with Crippen molar-refractivity contribution in [3.8, 4) is 11.5 Å². The second-order valence-electron chi connectivity index (χ2n) is 4.26. The Morgan fingerprint density at radius 1 is 1.14 bits per heavy atom. The molecule has 0 heterocycles. The van der Waals surface area contributed by atoms with Crippen LogP contribution < -0.4 is 10.1 Å². The number of hydrogen-bond acceptors (Lipinski definition) is 3. The molecule has 3 nitrogen and oxygen atoms in total. The fourth-order valence-corrected chi connectivity index (χ4v) is 2.24. The van der Waals surface area contributed by atoms with Gasteiger partial charge in [-0.15, -0.1) is 18.3 Å². The zero-order valence-corrected chi connectivity index (χ0v) is 12.4. The van der Waals surface area contributed by atoms with Crippen molar-refractivity contribution >= 4 is 23.4 Å². The molecule has 2 rings (SSSR count). The fourth-order valence-electron chi connectivity index (χ4n) is 1.70. The van der Waals surface area contributed by atoms with Gasteiger partial charge in [-0.05, 0) is 24.3 Å². The number of benzene rings is 2. The number of anilines is 1. The lowest BCUT2D eigenvalue weighted by atomic mass is 10.3. The van der Waals surface area contributed by atoms with Crippen LogP contribution in [0, 0.1) is 0 Å². The summed E-state index contributed by atoms with van der Waals surface area (Å²) in [6.45, 7) is 3.63. The van der Waals surface area contributed by atoms with Crippen LogP contribution in [0.4, 0.5) is 5.69 Å². The first-order valence-electron chi connectivity index (χ1n) is 6.60. The van der Waals surface area contributed by atoms with Crippen LogP contribution in [0.15, 0.2) is 67.3 Å². The molecular formula is C17H17NO2S. The molecule has 108 valence electrons. The lowest BCUT2D eigenvalue weighted by Crippen LogP contribution is -2.14. The van der Waals surface area contributed by atoms with Crippen molar-refractivity contribution in [2.75, 3.05) is 16.8 Å². The van der Waals surface area contributed by atoms with Gasteiger partial charge in [-0.3, -0.25) is 4.79 Å². The molecule has 1 N–H and O–H groups in total. The van der Waals surface area contributed by atoms with E-state index in [0.717, 1.165) is 11.5 Å². The van der Waals surface area contributed by atoms with E-state index < -0.39 is 0 Å². The Balaban J connectivity index is 2.03. The fraction of sp³-hybridized carbons (Fsp3) is 0.118. The molecule has 2 aromatic rings. The van der Waals surface area contributed by atoms with Gasteiger partial charge in [0.25, 0.3) is 0 Å². The largest absolute Gasteiger partial charge is 0.455 e. The number of amides is 1. The molecule has 0 saturated heterocycles. The van der Waals surface area contributed by atoms with Gasteiger partial charge in [0.05, 0.1) is 11.4 Å². The van der Waals surface area contributed by atoms with Crippen LogP contribution in [-0.4, -0.2) is 17.4 Å². The molecule has 0 aromatic heterocycles. The van der Waals surface area contributed by atoms with Crippen LogP contribution in [0.1, 0.15) is 0 Å². The Hall–Kier alpha value is -2.20. The number of nitrogens with one attached hydrogen (secondary N) is 1. The van der Waals surface area contributed by atoms with E-state index >= 15 is 0 Å². The molecule has 0 spiro atoms. The van der Waals surface area contributed by atoms with Crippen molar-refractivity contribution in [2.45, 2.75) is 0 Å². The number of rotatable bonds is 7. The number of carbonyl (C=O) groups excluding carboxylic acids is 1. The Labute approximate surface area is 129 Å². The van der Waals surface area contributed by atoms with Crippen LogP contribution in [0.2, 0.25) is 0 Å². The molecule has 0 unspecified atom stereocenters. The van der Waals surface area contributed by atoms with Gasteiger partial charge in [-0.2, -0.15) is 0 Å². The molecule has 1 amide bonds. The zero-order valence-electron chi connectivity index (χ0n) is 11.6. The van der Waals surface area contributed by atoms with Crippen LogP contribution in [0.3, 0.4) is 0 Å². The van der Waals surface area contributed by atoms with Crippen molar-refractivity contribution in [2.24, 2.45) is 0 Å². The third-order valence-electron chi connectivity index (χ3n) is 2.60. The van der Waals surface area contributed by atoms with E-state index in [9.17, 15) is 4.79 Å². The zero-order chi connectivity index (χ0) is 14.9. The van der Waals surface area contributed by atoms with Gasteiger partial charge in [0, 0.05) is 5.75 Å². The van der Waals surface area contributed by atoms with Crippen molar-refractivity contribution < 1.29 is 9.53 Å². The van der Waals surface area contributed by atoms with Crippen LogP contribution in [0.5, 0.6) is 11.5 Å². The van der Waals surface area contributed by atoms with Gasteiger partial charge in [-0.25, -0.2) is 0 Å². The van der Waals surface area contributed by atoms with E-state index in [1.165, 1.54) is 11.8 Å². The maximum Gasteiger partial charge on any atom is 0.234 e. The first-order chi connectivity index (χ1) is 10.3. The van der Waals surface area contributed by atoms with Gasteiger partial charge in [0.1, 0.15) is 5.75 Å². The summed E-state index contributed by atoms with van der Waals surface area (Å²) in [5.74, 6) is 2.47. The van der Waals surface area contributed by atoms with E-state index in [1.807, 2.05) is 54.6 Å². The Bertz CT molecular complexity index is 599. The Morgan fingerprint density at radius 3 is 2.62 bits per heavy atom. The van der Waals surface area contributed by atoms with Crippen LogP contribution in [0.25, 0.3) is 0 Å². The Morgan fingerprint density at radius 2 is 1.86 bits per heavy atom. The molecule has 0 aliphatic heterocycles. The lowest BCUT2D eigenvalue weighted by molar-refractivity contribution is -0.113. The summed E-state index contributed by atoms with van der Waals surface area (Å²) in [7, 11) is 0. The number of carbonyl (C=O) groups is 1. The predicted molar refractivity (Wildman–Crippen MR) is 89.1 cm³/mol. The summed E-state index contributed by atoms with van der Waals surface area (Å²) in [4.78, 5) is 11.9. The molecular weight excluding hydrogens is 282 g/mol. The van der Waals surface area contributed by atoms with Crippen LogP contribution in [-0.2, 0) is 4.79 Å². The number of thioether (sulfide) groups is 1. The molecule has 0 atom stereocenters. The van der Waals surface area contributed by atoms with Crippen molar-refractivity contribution in [1.29, 1.82) is 0 Å². The summed E-state index contributed by atoms with van der Waals surface area (Å²) < 4.78 is 5.80. The normalized spacial score (nSPS) is 9.90. The molecule has 4 heteroatoms. The smallest absolute Gasteiger partial charge is 0.234 e. The Kier molecular flexibility index (Phi) is 5.91. The van der Waals surface area contributed by atoms with Crippen molar-refractivity contribution in [3.05, 3.63) is 67.3 Å². The molecule has 0 aliphatic rings. The average Bonchev–Trinajstić information content (AvgIpc) is 2.51. The average molecular weight is 299 g/mol. The lowest BCUT2D eigenvalue weighted by Gasteiger charge is -2.12. The monoisotopic (exact) mass is 299 g/mol. The maximum atomic E-state index is 11.9. The SMILES string of the molecule is C=CCSCC(=O)Nc1ccccc1Oc1ccccc1. The van der Waals surface area contributed by atoms with E-state index in [0.29, 0.717) is 17.2 Å². The van der Waals surface area contributed by atoms with Gasteiger partial charge in [0.15, 0.2) is 5.75 Å². The minimum Gasteiger partial charge on any atom is -0.455 e. The van der Waals surface area contributed by atoms with E-state index in [2.05, 4.69) is 11.9 Å². The topological polar surface area (TPSA) is 38.3 Å². The first-order valence-corrected chi connectivity index (χ1v) is 7.75. The quantitative estimate of drug-likeness (QED) is 0.610. The second kappa shape index (κ2) is 8.17. The molecule has 21 heavy (non-hydrogen) atoms. The van der Waals surface area contributed by atoms with Gasteiger partial charge in [-0.1, -0.05) is 36.4 Å². The summed E-state index contributed by atoms with van der Waals surface area (Å²) in [6, 6.07) is 16.9. The molecule has 0 saturated carbocycles. The van der Waals surface area contributed by atoms with Crippen molar-refractivity contribution in [3.63, 3.8) is 0 Å². The predicted octanol–water partition coefficient (Wildman–Crippen LogP) is 4.34. The van der Waals surface area contributed by atoms with Gasteiger partial charge < -0.3 is 10.1 Å². The molecule has 2 aromatic carbocycles. The molecule has 0 radical (unpaired) electrons. The highest BCUT2D eigenvalue weighted by atomic mass is 32.2. The number of hydrogen-bond donors (Lipinski definition) is 1. The third kappa shape index (κ3) is 5.00. The summed E-state index contributed by atoms with van der Waals surface area (Å²) in [5, 5.41) is 2.87. The minimum absolute atomic E-state index is 0.0500. The van der Waals surface area contributed by atoms with Crippen LogP contribution >= 0.6 is 11.8 Å². The summed E-state index contributed by atoms with van der Waals surface area (Å²) in [6.07, 6.45) is 1.78. The van der Waals surface area contributed by atoms with E-state index in [-0.39, 0.29) is 5.91 Å². The second-order valence-corrected chi connectivity index (χ2v) is 5.29. The highest BCUT2D eigenvalue weighted by molar-refractivity contribution is 8.00. The summed E-state index contributed by atoms with van der Waals surface area (Å²) >= 11 is 1.52. The highest BCUT2D eigenvalue weighted by Crippen LogP contribution is 2.29. The molecule has 0 bridgehead atoms. The molecule has 0 aliphatic carbocycles. The van der Waals surface area contributed by atoms with E-state index in [4.69, 9.17) is 4.74 Å². The van der Waals surface area contributed by atoms with Crippen molar-refractivity contribution in [1.82, 2.24) is 0 Å². The summed E-state index contributed by atoms with van der Waals surface area (Å²) in [5.41, 5.74) is 0.672. The minimum atomic E-state index is -0.0500. The standard InChI is InChI=1S/C17H17NO2S/c1-2-12-21-13-17(19)18-15-10-6-7-11-16(15)20-14-8-4-3-5-9-14/h2-11H,1,12-13H2,(H,18,19). The van der Waals surface area contributed by atoms with Gasteiger partial charge in [0.2, 0.25) is 5.91 Å². The van der Waals surface area contributed by atoms with E-state index in [1.54, 1.807) is 6.08 Å². The third-order valence-corrected chi connectivity index (χ3v) is 3.54. The number of ether oxygens (including phenoxy) is 1. The van der Waals surface area contributed by atoms with Gasteiger partial charge >= 0.3 is 0 Å². The maximum absolute atomic E-state index is 11.9. The highest BCUT2D eigenvalue weighted by Gasteiger charge is 2.08. The molecule has 0 fully saturated rings. The first kappa shape index (κ1) is 15.2. The number of para-hydroxylation sites is 3.